The molecule has 1 aliphatic rings. The van der Waals surface area contributed by atoms with Gasteiger partial charge in [-0.15, -0.1) is 0 Å². The number of benzene rings is 1. The molecule has 1 N–H and O–H groups in total. The molecule has 2 rings (SSSR count). The van der Waals surface area contributed by atoms with Crippen molar-refractivity contribution in [3.05, 3.63) is 35.6 Å². The minimum atomic E-state index is -0.429. The van der Waals surface area contributed by atoms with Crippen molar-refractivity contribution in [1.29, 1.82) is 0 Å². The Bertz CT molecular complexity index is 355. The fourth-order valence-electron chi connectivity index (χ4n) is 2.00. The fourth-order valence-corrected chi connectivity index (χ4v) is 2.00. The molecule has 1 heterocycles. The van der Waals surface area contributed by atoms with Crippen LogP contribution in [0.15, 0.2) is 24.3 Å². The second-order valence-corrected chi connectivity index (χ2v) is 4.31. The van der Waals surface area contributed by atoms with E-state index in [-0.39, 0.29) is 11.9 Å². The number of ether oxygens (including phenoxy) is 1. The normalized spacial score (nSPS) is 30.7. The van der Waals surface area contributed by atoms with Crippen LogP contribution in [0.2, 0.25) is 0 Å². The summed E-state index contributed by atoms with van der Waals surface area (Å²) in [5.74, 6) is -0.163. The average Bonchev–Trinajstić information content (AvgIpc) is 2.51. The molecule has 0 aliphatic carbocycles. The van der Waals surface area contributed by atoms with Gasteiger partial charge in [-0.3, -0.25) is 5.32 Å². The Balaban J connectivity index is 2.12. The van der Waals surface area contributed by atoms with Gasteiger partial charge in [-0.2, -0.15) is 0 Å². The highest BCUT2D eigenvalue weighted by Crippen LogP contribution is 2.22. The van der Waals surface area contributed by atoms with Gasteiger partial charge in [0, 0.05) is 13.0 Å². The number of hydrogen-bond acceptors (Lipinski definition) is 2. The molecule has 0 aromatic heterocycles. The zero-order valence-electron chi connectivity index (χ0n) is 9.09. The zero-order valence-corrected chi connectivity index (χ0v) is 9.09. The van der Waals surface area contributed by atoms with E-state index in [4.69, 9.17) is 4.74 Å². The van der Waals surface area contributed by atoms with E-state index in [9.17, 15) is 4.39 Å². The maximum absolute atomic E-state index is 13.4. The summed E-state index contributed by atoms with van der Waals surface area (Å²) in [6.45, 7) is 4.80. The van der Waals surface area contributed by atoms with Crippen LogP contribution in [0.1, 0.15) is 19.4 Å². The smallest absolute Gasteiger partial charge is 0.126 e. The largest absolute Gasteiger partial charge is 0.356 e. The molecule has 3 heteroatoms. The van der Waals surface area contributed by atoms with E-state index in [0.29, 0.717) is 12.0 Å². The summed E-state index contributed by atoms with van der Waals surface area (Å²) in [6.07, 6.45) is 0.756. The van der Waals surface area contributed by atoms with Crippen LogP contribution in [0.3, 0.4) is 0 Å². The number of rotatable bonds is 2. The van der Waals surface area contributed by atoms with Crippen LogP contribution < -0.4 is 5.32 Å². The summed E-state index contributed by atoms with van der Waals surface area (Å²) in [5.41, 5.74) is 0.267. The van der Waals surface area contributed by atoms with Crippen molar-refractivity contribution in [2.24, 2.45) is 0 Å². The van der Waals surface area contributed by atoms with Crippen molar-refractivity contribution in [2.45, 2.75) is 32.1 Å². The standard InChI is InChI=1S/C12H16FNO/c1-9-8-14-12(2,15-9)7-10-5-3-4-6-11(10)13/h3-6,9,14H,7-8H2,1-2H3. The molecule has 0 bridgehead atoms. The molecule has 0 amide bonds. The lowest BCUT2D eigenvalue weighted by molar-refractivity contribution is -0.0297. The summed E-state index contributed by atoms with van der Waals surface area (Å²) in [5, 5.41) is 3.27. The van der Waals surface area contributed by atoms with E-state index >= 15 is 0 Å². The van der Waals surface area contributed by atoms with Crippen molar-refractivity contribution in [3.8, 4) is 0 Å². The van der Waals surface area contributed by atoms with Crippen molar-refractivity contribution < 1.29 is 9.13 Å². The van der Waals surface area contributed by atoms with Gasteiger partial charge in [-0.25, -0.2) is 4.39 Å². The summed E-state index contributed by atoms with van der Waals surface area (Å²) in [4.78, 5) is 0. The summed E-state index contributed by atoms with van der Waals surface area (Å²) in [7, 11) is 0. The Labute approximate surface area is 89.4 Å². The van der Waals surface area contributed by atoms with E-state index < -0.39 is 5.72 Å². The highest BCUT2D eigenvalue weighted by Gasteiger charge is 2.33. The maximum atomic E-state index is 13.4. The Kier molecular flexibility index (Phi) is 2.76. The zero-order chi connectivity index (χ0) is 10.9. The predicted octanol–water partition coefficient (Wildman–Crippen LogP) is 2.09. The second kappa shape index (κ2) is 3.91. The molecule has 2 unspecified atom stereocenters. The monoisotopic (exact) mass is 209 g/mol. The predicted molar refractivity (Wildman–Crippen MR) is 57.1 cm³/mol. The third-order valence-corrected chi connectivity index (χ3v) is 2.71. The van der Waals surface area contributed by atoms with E-state index in [2.05, 4.69) is 5.32 Å². The molecule has 1 aromatic carbocycles. The first-order valence-electron chi connectivity index (χ1n) is 5.25. The summed E-state index contributed by atoms with van der Waals surface area (Å²) >= 11 is 0. The number of halogens is 1. The number of nitrogens with one attached hydrogen (secondary N) is 1. The van der Waals surface area contributed by atoms with Crippen molar-refractivity contribution >= 4 is 0 Å². The van der Waals surface area contributed by atoms with E-state index in [1.807, 2.05) is 19.9 Å². The van der Waals surface area contributed by atoms with Crippen molar-refractivity contribution in [2.75, 3.05) is 6.54 Å². The SMILES string of the molecule is CC1CNC(C)(Cc2ccccc2F)O1. The fraction of sp³-hybridized carbons (Fsp3) is 0.500. The molecular formula is C12H16FNO. The van der Waals surface area contributed by atoms with Crippen LogP contribution in [-0.2, 0) is 11.2 Å². The Hall–Kier alpha value is -0.930. The molecule has 2 atom stereocenters. The lowest BCUT2D eigenvalue weighted by Gasteiger charge is -2.24. The summed E-state index contributed by atoms with van der Waals surface area (Å²) < 4.78 is 19.2. The third kappa shape index (κ3) is 2.36. The van der Waals surface area contributed by atoms with Crippen LogP contribution >= 0.6 is 0 Å². The first-order valence-corrected chi connectivity index (χ1v) is 5.25. The first kappa shape index (κ1) is 10.6. The van der Waals surface area contributed by atoms with E-state index in [1.54, 1.807) is 12.1 Å². The molecular weight excluding hydrogens is 193 g/mol. The van der Waals surface area contributed by atoms with Gasteiger partial charge in [0.2, 0.25) is 0 Å². The minimum absolute atomic E-state index is 0.163. The minimum Gasteiger partial charge on any atom is -0.356 e. The lowest BCUT2D eigenvalue weighted by Crippen LogP contribution is -2.40. The van der Waals surface area contributed by atoms with Gasteiger partial charge in [0.1, 0.15) is 11.5 Å². The highest BCUT2D eigenvalue weighted by molar-refractivity contribution is 5.19. The quantitative estimate of drug-likeness (QED) is 0.805. The van der Waals surface area contributed by atoms with Crippen molar-refractivity contribution in [1.82, 2.24) is 5.32 Å². The van der Waals surface area contributed by atoms with Gasteiger partial charge in [-0.05, 0) is 25.5 Å². The lowest BCUT2D eigenvalue weighted by atomic mass is 10.0. The average molecular weight is 209 g/mol. The van der Waals surface area contributed by atoms with Crippen LogP contribution in [0.5, 0.6) is 0 Å². The van der Waals surface area contributed by atoms with Crippen LogP contribution in [0.4, 0.5) is 4.39 Å². The molecule has 15 heavy (non-hydrogen) atoms. The molecule has 82 valence electrons. The van der Waals surface area contributed by atoms with Crippen LogP contribution in [0.25, 0.3) is 0 Å². The van der Waals surface area contributed by atoms with Gasteiger partial charge in [0.15, 0.2) is 0 Å². The van der Waals surface area contributed by atoms with Crippen LogP contribution in [0, 0.1) is 5.82 Å². The molecule has 0 spiro atoms. The van der Waals surface area contributed by atoms with Gasteiger partial charge < -0.3 is 4.74 Å². The molecule has 1 aromatic rings. The van der Waals surface area contributed by atoms with Crippen LogP contribution in [-0.4, -0.2) is 18.4 Å². The maximum Gasteiger partial charge on any atom is 0.126 e. The number of hydrogen-bond donors (Lipinski definition) is 1. The van der Waals surface area contributed by atoms with Gasteiger partial charge >= 0.3 is 0 Å². The molecule has 0 radical (unpaired) electrons. The Morgan fingerprint density at radius 1 is 1.53 bits per heavy atom. The molecule has 1 fully saturated rings. The second-order valence-electron chi connectivity index (χ2n) is 4.31. The molecule has 1 aliphatic heterocycles. The third-order valence-electron chi connectivity index (χ3n) is 2.71. The highest BCUT2D eigenvalue weighted by atomic mass is 19.1. The summed E-state index contributed by atoms with van der Waals surface area (Å²) in [6, 6.07) is 6.83. The van der Waals surface area contributed by atoms with Crippen molar-refractivity contribution in [3.63, 3.8) is 0 Å². The van der Waals surface area contributed by atoms with E-state index in [1.165, 1.54) is 6.07 Å². The molecule has 2 nitrogen and oxygen atoms in total. The topological polar surface area (TPSA) is 21.3 Å². The Morgan fingerprint density at radius 2 is 2.27 bits per heavy atom. The molecule has 0 saturated carbocycles. The molecule has 1 saturated heterocycles. The van der Waals surface area contributed by atoms with Gasteiger partial charge in [0.05, 0.1) is 6.10 Å². The first-order chi connectivity index (χ1) is 7.09. The Morgan fingerprint density at radius 3 is 2.87 bits per heavy atom. The van der Waals surface area contributed by atoms with Gasteiger partial charge in [0.25, 0.3) is 0 Å². The van der Waals surface area contributed by atoms with Gasteiger partial charge in [-0.1, -0.05) is 18.2 Å². The van der Waals surface area contributed by atoms with E-state index in [0.717, 1.165) is 6.54 Å².